The molecule has 2 amide bonds. The average Bonchev–Trinajstić information content (AvgIpc) is 2.54. The SMILES string of the molecule is CN1CC(=O)N(C)[C@H]2NC=[N+](C)[C@@H]2C1=O. The van der Waals surface area contributed by atoms with Crippen LogP contribution in [0.15, 0.2) is 0 Å². The van der Waals surface area contributed by atoms with Crippen LogP contribution in [0.25, 0.3) is 0 Å². The van der Waals surface area contributed by atoms with Gasteiger partial charge in [0.1, 0.15) is 0 Å². The molecule has 0 aromatic heterocycles. The molecule has 0 unspecified atom stereocenters. The standard InChI is InChI=1S/C9H14N4O2/c1-11-4-6(14)13(3)8-7(9(11)15)12(2)5-10-8/h5,7-8H,4H2,1-3H3/p+1/t7-,8+/m0/s1. The number of likely N-dealkylation sites (N-methyl/N-ethyl adjacent to an activating group) is 3. The highest BCUT2D eigenvalue weighted by molar-refractivity contribution is 5.91. The van der Waals surface area contributed by atoms with Crippen molar-refractivity contribution in [3.05, 3.63) is 0 Å². The van der Waals surface area contributed by atoms with Gasteiger partial charge in [-0.3, -0.25) is 19.5 Å². The molecule has 1 saturated heterocycles. The van der Waals surface area contributed by atoms with E-state index in [1.165, 1.54) is 4.90 Å². The van der Waals surface area contributed by atoms with Gasteiger partial charge in [-0.1, -0.05) is 0 Å². The number of carbonyl (C=O) groups excluding carboxylic acids is 2. The first-order valence-electron chi connectivity index (χ1n) is 4.84. The summed E-state index contributed by atoms with van der Waals surface area (Å²) < 4.78 is 1.80. The average molecular weight is 211 g/mol. The van der Waals surface area contributed by atoms with E-state index in [1.54, 1.807) is 29.9 Å². The minimum Gasteiger partial charge on any atom is -0.333 e. The first kappa shape index (κ1) is 9.95. The van der Waals surface area contributed by atoms with Gasteiger partial charge in [0, 0.05) is 14.1 Å². The Kier molecular flexibility index (Phi) is 2.13. The zero-order chi connectivity index (χ0) is 11.2. The van der Waals surface area contributed by atoms with Gasteiger partial charge in [-0.25, -0.2) is 0 Å². The van der Waals surface area contributed by atoms with Crippen LogP contribution >= 0.6 is 0 Å². The second-order valence-electron chi connectivity index (χ2n) is 4.05. The van der Waals surface area contributed by atoms with Crippen LogP contribution in [0.4, 0.5) is 0 Å². The first-order chi connectivity index (χ1) is 7.02. The monoisotopic (exact) mass is 211 g/mol. The van der Waals surface area contributed by atoms with E-state index in [-0.39, 0.29) is 30.6 Å². The second-order valence-corrected chi connectivity index (χ2v) is 4.05. The molecule has 2 heterocycles. The molecule has 0 aliphatic carbocycles. The highest BCUT2D eigenvalue weighted by Crippen LogP contribution is 2.14. The number of amides is 2. The van der Waals surface area contributed by atoms with E-state index in [1.807, 2.05) is 7.05 Å². The molecule has 2 rings (SSSR count). The summed E-state index contributed by atoms with van der Waals surface area (Å²) in [6.45, 7) is 0.151. The molecule has 0 spiro atoms. The lowest BCUT2D eigenvalue weighted by atomic mass is 10.2. The Morgan fingerprint density at radius 1 is 1.47 bits per heavy atom. The predicted molar refractivity (Wildman–Crippen MR) is 53.4 cm³/mol. The summed E-state index contributed by atoms with van der Waals surface area (Å²) in [4.78, 5) is 26.7. The largest absolute Gasteiger partial charge is 0.333 e. The Bertz CT molecular complexity index is 352. The van der Waals surface area contributed by atoms with Gasteiger partial charge in [-0.15, -0.1) is 0 Å². The van der Waals surface area contributed by atoms with Crippen molar-refractivity contribution in [2.75, 3.05) is 27.7 Å². The zero-order valence-electron chi connectivity index (χ0n) is 9.10. The molecule has 0 aromatic carbocycles. The molecule has 2 atom stereocenters. The lowest BCUT2D eigenvalue weighted by molar-refractivity contribution is -0.516. The molecular formula is C9H15N4O2+. The van der Waals surface area contributed by atoms with Gasteiger partial charge in [0.2, 0.25) is 24.5 Å². The molecule has 6 nitrogen and oxygen atoms in total. The third kappa shape index (κ3) is 1.36. The van der Waals surface area contributed by atoms with Gasteiger partial charge in [-0.2, -0.15) is 0 Å². The Morgan fingerprint density at radius 2 is 2.13 bits per heavy atom. The fraction of sp³-hybridized carbons (Fsp3) is 0.667. The second kappa shape index (κ2) is 3.22. The molecule has 2 aliphatic rings. The van der Waals surface area contributed by atoms with Crippen molar-refractivity contribution in [1.82, 2.24) is 15.1 Å². The zero-order valence-corrected chi connectivity index (χ0v) is 9.10. The minimum absolute atomic E-state index is 0.0264. The summed E-state index contributed by atoms with van der Waals surface area (Å²) in [7, 11) is 5.20. The highest BCUT2D eigenvalue weighted by atomic mass is 16.2. The van der Waals surface area contributed by atoms with Crippen molar-refractivity contribution in [3.8, 4) is 0 Å². The van der Waals surface area contributed by atoms with E-state index >= 15 is 0 Å². The summed E-state index contributed by atoms with van der Waals surface area (Å²) in [5, 5.41) is 3.04. The summed E-state index contributed by atoms with van der Waals surface area (Å²) in [6.07, 6.45) is 1.48. The molecule has 0 bridgehead atoms. The normalized spacial score (nSPS) is 31.0. The summed E-state index contributed by atoms with van der Waals surface area (Å²) in [6, 6.07) is -0.313. The van der Waals surface area contributed by atoms with Crippen LogP contribution in [-0.4, -0.2) is 72.4 Å². The Balaban J connectivity index is 2.36. The van der Waals surface area contributed by atoms with Gasteiger partial charge in [0.05, 0.1) is 13.6 Å². The molecule has 0 saturated carbocycles. The van der Waals surface area contributed by atoms with Crippen molar-refractivity contribution < 1.29 is 14.2 Å². The number of carbonyl (C=O) groups is 2. The maximum Gasteiger partial charge on any atom is 0.274 e. The van der Waals surface area contributed by atoms with E-state index < -0.39 is 0 Å². The number of nitrogens with zero attached hydrogens (tertiary/aromatic N) is 3. The highest BCUT2D eigenvalue weighted by Gasteiger charge is 2.47. The lowest BCUT2D eigenvalue weighted by Gasteiger charge is -2.20. The Labute approximate surface area is 88.1 Å². The first-order valence-corrected chi connectivity index (χ1v) is 4.84. The molecule has 0 radical (unpaired) electrons. The summed E-state index contributed by atoms with van der Waals surface area (Å²) in [5.41, 5.74) is 0. The number of fused-ring (bicyclic) bond motifs is 1. The maximum atomic E-state index is 12.0. The maximum absolute atomic E-state index is 12.0. The van der Waals surface area contributed by atoms with Gasteiger partial charge in [0.15, 0.2) is 0 Å². The minimum atomic E-state index is -0.313. The third-order valence-corrected chi connectivity index (χ3v) is 3.00. The molecule has 2 aliphatic heterocycles. The molecular weight excluding hydrogens is 196 g/mol. The molecule has 1 N–H and O–H groups in total. The number of rotatable bonds is 0. The molecule has 82 valence electrons. The quantitative estimate of drug-likeness (QED) is 0.466. The molecule has 6 heteroatoms. The van der Waals surface area contributed by atoms with Crippen molar-refractivity contribution in [1.29, 1.82) is 0 Å². The topological polar surface area (TPSA) is 55.7 Å². The van der Waals surface area contributed by atoms with E-state index in [2.05, 4.69) is 5.32 Å². The van der Waals surface area contributed by atoms with Crippen LogP contribution in [-0.2, 0) is 9.59 Å². The molecule has 0 aromatic rings. The van der Waals surface area contributed by atoms with Gasteiger partial charge in [-0.05, 0) is 0 Å². The van der Waals surface area contributed by atoms with Crippen LogP contribution in [0.1, 0.15) is 0 Å². The van der Waals surface area contributed by atoms with E-state index in [0.717, 1.165) is 0 Å². The molecule has 15 heavy (non-hydrogen) atoms. The smallest absolute Gasteiger partial charge is 0.274 e. The Hall–Kier alpha value is -1.59. The number of hydrogen-bond donors (Lipinski definition) is 1. The number of nitrogens with one attached hydrogen (secondary N) is 1. The van der Waals surface area contributed by atoms with Crippen LogP contribution in [0.5, 0.6) is 0 Å². The van der Waals surface area contributed by atoms with E-state index in [0.29, 0.717) is 0 Å². The van der Waals surface area contributed by atoms with Crippen molar-refractivity contribution in [3.63, 3.8) is 0 Å². The fourth-order valence-corrected chi connectivity index (χ4v) is 1.99. The number of hydrogen-bond acceptors (Lipinski definition) is 3. The van der Waals surface area contributed by atoms with E-state index in [4.69, 9.17) is 0 Å². The van der Waals surface area contributed by atoms with Gasteiger partial charge < -0.3 is 9.80 Å². The predicted octanol–water partition coefficient (Wildman–Crippen LogP) is -2.11. The van der Waals surface area contributed by atoms with Crippen molar-refractivity contribution >= 4 is 18.2 Å². The van der Waals surface area contributed by atoms with Crippen LogP contribution in [0, 0.1) is 0 Å². The van der Waals surface area contributed by atoms with E-state index in [9.17, 15) is 9.59 Å². The Morgan fingerprint density at radius 3 is 2.80 bits per heavy atom. The summed E-state index contributed by atoms with van der Waals surface area (Å²) >= 11 is 0. The van der Waals surface area contributed by atoms with Crippen LogP contribution in [0.3, 0.4) is 0 Å². The van der Waals surface area contributed by atoms with Crippen molar-refractivity contribution in [2.45, 2.75) is 12.2 Å². The summed E-state index contributed by atoms with van der Waals surface area (Å²) in [5.74, 6) is -0.0731. The van der Waals surface area contributed by atoms with Crippen LogP contribution < -0.4 is 5.32 Å². The lowest BCUT2D eigenvalue weighted by Crippen LogP contribution is -2.52. The van der Waals surface area contributed by atoms with Crippen LogP contribution in [0.2, 0.25) is 0 Å². The third-order valence-electron chi connectivity index (χ3n) is 3.00. The van der Waals surface area contributed by atoms with Gasteiger partial charge >= 0.3 is 0 Å². The van der Waals surface area contributed by atoms with Gasteiger partial charge in [0.25, 0.3) is 5.91 Å². The molecule has 1 fully saturated rings. The van der Waals surface area contributed by atoms with Crippen molar-refractivity contribution in [2.24, 2.45) is 0 Å². The fourth-order valence-electron chi connectivity index (χ4n) is 1.99.